The van der Waals surface area contributed by atoms with Gasteiger partial charge in [0.25, 0.3) is 5.56 Å². The normalized spacial score (nSPS) is 13.2. The number of nitrogens with one attached hydrogen (secondary N) is 1. The lowest BCUT2D eigenvalue weighted by Gasteiger charge is -2.28. The number of aromatic nitrogens is 2. The van der Waals surface area contributed by atoms with Gasteiger partial charge in [0.15, 0.2) is 0 Å². The number of alkyl halides is 3. The molecule has 45 heavy (non-hydrogen) atoms. The minimum absolute atomic E-state index is 0.0139. The summed E-state index contributed by atoms with van der Waals surface area (Å²) in [6, 6.07) is 7.79. The fraction of sp³-hybridized carbons (Fsp3) is 0.744. The topological polar surface area (TPSA) is 45.8 Å². The molecule has 0 aliphatic heterocycles. The number of halogens is 3. The van der Waals surface area contributed by atoms with E-state index in [9.17, 15) is 18.0 Å². The van der Waals surface area contributed by atoms with Gasteiger partial charge in [-0.05, 0) is 56.6 Å². The lowest BCUT2D eigenvalue weighted by atomic mass is 9.82. The van der Waals surface area contributed by atoms with E-state index in [1.54, 1.807) is 33.2 Å². The number of hydrogen-bond donors (Lipinski definition) is 1. The maximum Gasteiger partial charge on any atom is 0.392 e. The van der Waals surface area contributed by atoms with Crippen LogP contribution in [0.1, 0.15) is 150 Å². The van der Waals surface area contributed by atoms with Crippen molar-refractivity contribution >= 4 is 0 Å². The van der Waals surface area contributed by atoms with Gasteiger partial charge in [0, 0.05) is 24.2 Å². The molecule has 2 rings (SSSR count). The second-order valence-electron chi connectivity index (χ2n) is 17.8. The van der Waals surface area contributed by atoms with Crippen LogP contribution in [0.4, 0.5) is 13.2 Å². The van der Waals surface area contributed by atoms with Crippen molar-refractivity contribution in [1.29, 1.82) is 0 Å². The van der Waals surface area contributed by atoms with Gasteiger partial charge >= 0.3 is 6.18 Å². The highest BCUT2D eigenvalue weighted by Crippen LogP contribution is 2.38. The molecule has 0 unspecified atom stereocenters. The number of hydrogen-bond acceptors (Lipinski definition) is 2. The predicted molar refractivity (Wildman–Crippen MR) is 192 cm³/mol. The Kier molecular flexibility index (Phi) is 19.9. The maximum absolute atomic E-state index is 11.9. The average Bonchev–Trinajstić information content (AvgIpc) is 2.82. The molecule has 264 valence electrons. The van der Waals surface area contributed by atoms with Crippen LogP contribution >= 0.6 is 0 Å². The van der Waals surface area contributed by atoms with Crippen LogP contribution in [0, 0.1) is 34.0 Å². The first-order valence-electron chi connectivity index (χ1n) is 16.3. The van der Waals surface area contributed by atoms with Gasteiger partial charge in [-0.15, -0.1) is 0 Å². The van der Waals surface area contributed by atoms with Crippen LogP contribution in [-0.4, -0.2) is 16.1 Å². The Bertz CT molecular complexity index is 1050. The van der Waals surface area contributed by atoms with E-state index < -0.39 is 17.5 Å². The van der Waals surface area contributed by atoms with Crippen molar-refractivity contribution in [3.63, 3.8) is 0 Å². The fourth-order valence-electron chi connectivity index (χ4n) is 2.31. The highest BCUT2D eigenvalue weighted by atomic mass is 19.4. The van der Waals surface area contributed by atoms with Gasteiger partial charge in [-0.3, -0.25) is 9.78 Å². The molecular weight excluding hydrogens is 569 g/mol. The van der Waals surface area contributed by atoms with E-state index in [1.165, 1.54) is 12.5 Å². The van der Waals surface area contributed by atoms with E-state index in [0.717, 1.165) is 17.4 Å². The number of H-pyrrole nitrogens is 1. The number of rotatable bonds is 0. The van der Waals surface area contributed by atoms with E-state index in [4.69, 9.17) is 0 Å². The lowest BCUT2D eigenvalue weighted by Crippen LogP contribution is -2.31. The molecule has 0 bridgehead atoms. The molecule has 3 nitrogen and oxygen atoms in total. The van der Waals surface area contributed by atoms with Gasteiger partial charge in [-0.25, -0.2) is 0 Å². The monoisotopic (exact) mass is 641 g/mol. The molecule has 1 N–H and O–H groups in total. The van der Waals surface area contributed by atoms with E-state index in [0.29, 0.717) is 10.8 Å². The minimum Gasteiger partial charge on any atom is -0.329 e. The van der Waals surface area contributed by atoms with Gasteiger partial charge in [0.2, 0.25) is 0 Å². The molecule has 0 aromatic carbocycles. The molecule has 0 aliphatic carbocycles. The summed E-state index contributed by atoms with van der Waals surface area (Å²) < 4.78 is 35.8. The summed E-state index contributed by atoms with van der Waals surface area (Å²) in [5, 5.41) is 0. The van der Waals surface area contributed by atoms with Crippen LogP contribution in [-0.2, 0) is 10.8 Å². The molecule has 0 saturated carbocycles. The number of aromatic amines is 1. The molecule has 1 atom stereocenters. The zero-order valence-corrected chi connectivity index (χ0v) is 32.8. The summed E-state index contributed by atoms with van der Waals surface area (Å²) >= 11 is 0. The highest BCUT2D eigenvalue weighted by Gasteiger charge is 2.43. The standard InChI is InChI=1S/C9H13NO.C9H13N.C7H13F3.2C7H16/c1-9(2,3)7-5-4-6-10-8(7)11;1-9(2,3)8-5-4-6-10-7-8;1-5(6(2,3)4)7(8,9)10;2*1-6(2)7(3,4)5/h4-6H,1-3H3,(H,10,11);4-7H,1-3H3;5H,1-4H3;2*6H,1-5H3/t;;5-;;/m..0../s1. The SMILES string of the molecule is CC(C)(C)c1ccc[nH]c1=O.CC(C)(C)c1cccnc1.CC(C)C(C)(C)C.CC(C)C(C)(C)C.C[C@@H](C(C)(C)C)C(F)(F)F. The van der Waals surface area contributed by atoms with Crippen LogP contribution in [0.5, 0.6) is 0 Å². The maximum atomic E-state index is 11.9. The third kappa shape index (κ3) is 23.8. The molecule has 0 radical (unpaired) electrons. The van der Waals surface area contributed by atoms with E-state index in [1.807, 2.05) is 45.2 Å². The predicted octanol–water partition coefficient (Wildman–Crippen LogP) is 12.7. The Hall–Kier alpha value is -2.11. The molecule has 0 spiro atoms. The van der Waals surface area contributed by atoms with E-state index in [-0.39, 0.29) is 16.4 Å². The minimum atomic E-state index is -4.06. The van der Waals surface area contributed by atoms with Crippen molar-refractivity contribution < 1.29 is 13.2 Å². The van der Waals surface area contributed by atoms with Crippen molar-refractivity contribution in [2.45, 2.75) is 155 Å². The summed E-state index contributed by atoms with van der Waals surface area (Å²) in [6.07, 6.45) is 1.31. The highest BCUT2D eigenvalue weighted by molar-refractivity contribution is 5.18. The lowest BCUT2D eigenvalue weighted by molar-refractivity contribution is -0.194. The Balaban J connectivity index is -0.000000497. The third-order valence-corrected chi connectivity index (χ3v) is 8.41. The van der Waals surface area contributed by atoms with Crippen molar-refractivity contribution in [1.82, 2.24) is 9.97 Å². The molecular formula is C39H71F3N2O. The van der Waals surface area contributed by atoms with Crippen LogP contribution in [0.3, 0.4) is 0 Å². The molecule has 0 saturated heterocycles. The zero-order valence-electron chi connectivity index (χ0n) is 32.8. The second kappa shape index (κ2) is 18.9. The van der Waals surface area contributed by atoms with Crippen LogP contribution in [0.15, 0.2) is 47.7 Å². The fourth-order valence-corrected chi connectivity index (χ4v) is 2.31. The molecule has 2 heterocycles. The Labute approximate surface area is 276 Å². The largest absolute Gasteiger partial charge is 0.392 e. The van der Waals surface area contributed by atoms with E-state index in [2.05, 4.69) is 106 Å². The van der Waals surface area contributed by atoms with Crippen molar-refractivity contribution in [3.05, 3.63) is 64.3 Å². The average molecular weight is 641 g/mol. The first kappa shape index (κ1) is 47.3. The van der Waals surface area contributed by atoms with Crippen molar-refractivity contribution in [2.75, 3.05) is 0 Å². The molecule has 6 heteroatoms. The van der Waals surface area contributed by atoms with Crippen molar-refractivity contribution in [2.24, 2.45) is 34.0 Å². The molecule has 0 amide bonds. The third-order valence-electron chi connectivity index (χ3n) is 8.41. The van der Waals surface area contributed by atoms with Gasteiger partial charge in [-0.1, -0.05) is 151 Å². The van der Waals surface area contributed by atoms with Crippen molar-refractivity contribution in [3.8, 4) is 0 Å². The Morgan fingerprint density at radius 3 is 1.18 bits per heavy atom. The van der Waals surface area contributed by atoms with Gasteiger partial charge in [0.1, 0.15) is 0 Å². The molecule has 2 aromatic heterocycles. The van der Waals surface area contributed by atoms with Gasteiger partial charge in [-0.2, -0.15) is 13.2 Å². The second-order valence-corrected chi connectivity index (χ2v) is 17.8. The first-order valence-corrected chi connectivity index (χ1v) is 16.3. The van der Waals surface area contributed by atoms with Crippen LogP contribution in [0.2, 0.25) is 0 Å². The van der Waals surface area contributed by atoms with Gasteiger partial charge in [0.05, 0.1) is 5.92 Å². The number of pyridine rings is 2. The smallest absolute Gasteiger partial charge is 0.329 e. The van der Waals surface area contributed by atoms with E-state index >= 15 is 0 Å². The van der Waals surface area contributed by atoms with Gasteiger partial charge < -0.3 is 4.98 Å². The Morgan fingerprint density at radius 1 is 0.622 bits per heavy atom. The van der Waals surface area contributed by atoms with Crippen LogP contribution in [0.25, 0.3) is 0 Å². The Morgan fingerprint density at radius 2 is 1.02 bits per heavy atom. The molecule has 0 aliphatic rings. The summed E-state index contributed by atoms with van der Waals surface area (Å²) in [6.45, 7) is 41.2. The summed E-state index contributed by atoms with van der Waals surface area (Å²) in [5.74, 6) is 0.361. The number of nitrogens with zero attached hydrogens (tertiary/aromatic N) is 1. The summed E-state index contributed by atoms with van der Waals surface area (Å²) in [5.41, 5.74) is 2.62. The zero-order chi connectivity index (χ0) is 36.8. The summed E-state index contributed by atoms with van der Waals surface area (Å²) in [7, 11) is 0. The van der Waals surface area contributed by atoms with Crippen LogP contribution < -0.4 is 5.56 Å². The molecule has 2 aromatic rings. The quantitative estimate of drug-likeness (QED) is 0.311. The molecule has 0 fully saturated rings. The summed E-state index contributed by atoms with van der Waals surface area (Å²) in [4.78, 5) is 17.9. The first-order chi connectivity index (χ1) is 19.7.